The lowest BCUT2D eigenvalue weighted by Gasteiger charge is -2.23. The molecule has 3 nitrogen and oxygen atoms in total. The minimum atomic E-state index is 0.118. The largest absolute Gasteiger partial charge is 0.463 e. The molecular formula is C16H30N2O. The zero-order chi connectivity index (χ0) is 14.6. The highest BCUT2D eigenvalue weighted by Crippen LogP contribution is 2.18. The fourth-order valence-electron chi connectivity index (χ4n) is 2.05. The van der Waals surface area contributed by atoms with Crippen molar-refractivity contribution in [2.45, 2.75) is 73.1 Å². The first kappa shape index (κ1) is 16.3. The van der Waals surface area contributed by atoms with Crippen LogP contribution in [-0.4, -0.2) is 23.0 Å². The van der Waals surface area contributed by atoms with Crippen molar-refractivity contribution in [1.29, 1.82) is 0 Å². The van der Waals surface area contributed by atoms with Crippen LogP contribution >= 0.6 is 0 Å². The number of rotatable bonds is 6. The Balaban J connectivity index is 2.68. The van der Waals surface area contributed by atoms with Gasteiger partial charge in [0.05, 0.1) is 13.1 Å². The third kappa shape index (κ3) is 5.37. The second-order valence-corrected chi connectivity index (χ2v) is 6.58. The Morgan fingerprint density at radius 1 is 1.32 bits per heavy atom. The zero-order valence-corrected chi connectivity index (χ0v) is 13.6. The van der Waals surface area contributed by atoms with Gasteiger partial charge < -0.3 is 9.73 Å². The van der Waals surface area contributed by atoms with Crippen molar-refractivity contribution in [3.63, 3.8) is 0 Å². The summed E-state index contributed by atoms with van der Waals surface area (Å²) in [6.45, 7) is 18.0. The average Bonchev–Trinajstić information content (AvgIpc) is 2.62. The molecule has 3 heteroatoms. The number of furan rings is 1. The summed E-state index contributed by atoms with van der Waals surface area (Å²) in [5.74, 6) is 2.13. The summed E-state index contributed by atoms with van der Waals surface area (Å²) in [6.07, 6.45) is 0. The van der Waals surface area contributed by atoms with E-state index < -0.39 is 0 Å². The van der Waals surface area contributed by atoms with E-state index >= 15 is 0 Å². The van der Waals surface area contributed by atoms with Gasteiger partial charge in [-0.3, -0.25) is 4.90 Å². The van der Waals surface area contributed by atoms with Crippen molar-refractivity contribution >= 4 is 0 Å². The van der Waals surface area contributed by atoms with E-state index in [4.69, 9.17) is 4.42 Å². The Kier molecular flexibility index (Phi) is 5.63. The van der Waals surface area contributed by atoms with Gasteiger partial charge in [0.15, 0.2) is 0 Å². The van der Waals surface area contributed by atoms with Crippen LogP contribution in [0.3, 0.4) is 0 Å². The standard InChI is InChI=1S/C16H30N2O/c1-8-18(12(2)3)11-14-9-13(4)15(19-14)10-17-16(5,6)7/h9,12,17H,8,10-11H2,1-7H3. The number of aryl methyl sites for hydroxylation is 1. The number of nitrogens with zero attached hydrogens (tertiary/aromatic N) is 1. The summed E-state index contributed by atoms with van der Waals surface area (Å²) in [5, 5.41) is 3.48. The molecular weight excluding hydrogens is 236 g/mol. The Morgan fingerprint density at radius 3 is 2.42 bits per heavy atom. The summed E-state index contributed by atoms with van der Waals surface area (Å²) in [5.41, 5.74) is 1.36. The lowest BCUT2D eigenvalue weighted by atomic mass is 10.1. The molecule has 0 aliphatic rings. The van der Waals surface area contributed by atoms with E-state index in [0.29, 0.717) is 6.04 Å². The lowest BCUT2D eigenvalue weighted by Crippen LogP contribution is -2.35. The number of hydrogen-bond acceptors (Lipinski definition) is 3. The van der Waals surface area contributed by atoms with Crippen molar-refractivity contribution in [1.82, 2.24) is 10.2 Å². The van der Waals surface area contributed by atoms with Crippen LogP contribution in [0.25, 0.3) is 0 Å². The Hall–Kier alpha value is -0.800. The summed E-state index contributed by atoms with van der Waals surface area (Å²) in [6, 6.07) is 2.72. The van der Waals surface area contributed by atoms with Gasteiger partial charge in [-0.05, 0) is 59.7 Å². The molecule has 0 bridgehead atoms. The van der Waals surface area contributed by atoms with Gasteiger partial charge in [0.25, 0.3) is 0 Å². The van der Waals surface area contributed by atoms with E-state index in [1.165, 1.54) is 5.56 Å². The van der Waals surface area contributed by atoms with Crippen molar-refractivity contribution in [2.24, 2.45) is 0 Å². The third-order valence-electron chi connectivity index (χ3n) is 3.35. The Labute approximate surface area is 118 Å². The molecule has 0 radical (unpaired) electrons. The summed E-state index contributed by atoms with van der Waals surface area (Å²) < 4.78 is 5.99. The second-order valence-electron chi connectivity index (χ2n) is 6.58. The molecule has 1 aromatic rings. The van der Waals surface area contributed by atoms with Crippen molar-refractivity contribution in [3.05, 3.63) is 23.2 Å². The van der Waals surface area contributed by atoms with Crippen LogP contribution in [0.2, 0.25) is 0 Å². The van der Waals surface area contributed by atoms with E-state index in [2.05, 4.69) is 64.7 Å². The molecule has 0 spiro atoms. The van der Waals surface area contributed by atoms with Gasteiger partial charge in [0.2, 0.25) is 0 Å². The van der Waals surface area contributed by atoms with Crippen LogP contribution in [0, 0.1) is 6.92 Å². The van der Waals surface area contributed by atoms with Crippen molar-refractivity contribution in [3.8, 4) is 0 Å². The van der Waals surface area contributed by atoms with Crippen LogP contribution in [-0.2, 0) is 13.1 Å². The molecule has 0 aromatic carbocycles. The SMILES string of the molecule is CCN(Cc1cc(C)c(CNC(C)(C)C)o1)C(C)C. The molecule has 0 atom stereocenters. The second kappa shape index (κ2) is 6.58. The van der Waals surface area contributed by atoms with Gasteiger partial charge in [-0.25, -0.2) is 0 Å². The van der Waals surface area contributed by atoms with Crippen LogP contribution in [0.15, 0.2) is 10.5 Å². The van der Waals surface area contributed by atoms with Gasteiger partial charge in [0, 0.05) is 11.6 Å². The van der Waals surface area contributed by atoms with E-state index in [1.807, 2.05) is 0 Å². The minimum Gasteiger partial charge on any atom is -0.463 e. The maximum absolute atomic E-state index is 5.99. The first-order valence-electron chi connectivity index (χ1n) is 7.30. The average molecular weight is 266 g/mol. The highest BCUT2D eigenvalue weighted by Gasteiger charge is 2.15. The van der Waals surface area contributed by atoms with Crippen LogP contribution < -0.4 is 5.32 Å². The molecule has 0 fully saturated rings. The predicted octanol–water partition coefficient (Wildman–Crippen LogP) is 3.71. The normalized spacial score (nSPS) is 12.7. The van der Waals surface area contributed by atoms with E-state index in [1.54, 1.807) is 0 Å². The Morgan fingerprint density at radius 2 is 1.95 bits per heavy atom. The Bertz CT molecular complexity index is 388. The molecule has 1 heterocycles. The van der Waals surface area contributed by atoms with Gasteiger partial charge in [-0.1, -0.05) is 6.92 Å². The summed E-state index contributed by atoms with van der Waals surface area (Å²) in [4.78, 5) is 2.40. The highest BCUT2D eigenvalue weighted by atomic mass is 16.3. The maximum atomic E-state index is 5.99. The molecule has 0 saturated carbocycles. The molecule has 1 rings (SSSR count). The quantitative estimate of drug-likeness (QED) is 0.851. The van der Waals surface area contributed by atoms with Crippen LogP contribution in [0.1, 0.15) is 58.6 Å². The molecule has 0 aliphatic carbocycles. The fourth-order valence-corrected chi connectivity index (χ4v) is 2.05. The van der Waals surface area contributed by atoms with Gasteiger partial charge in [0.1, 0.15) is 11.5 Å². The van der Waals surface area contributed by atoms with E-state index in [0.717, 1.165) is 31.2 Å². The maximum Gasteiger partial charge on any atom is 0.120 e. The first-order valence-corrected chi connectivity index (χ1v) is 7.30. The third-order valence-corrected chi connectivity index (χ3v) is 3.35. The highest BCUT2D eigenvalue weighted by molar-refractivity contribution is 5.20. The number of nitrogens with one attached hydrogen (secondary N) is 1. The lowest BCUT2D eigenvalue weighted by molar-refractivity contribution is 0.205. The van der Waals surface area contributed by atoms with E-state index in [-0.39, 0.29) is 5.54 Å². The zero-order valence-electron chi connectivity index (χ0n) is 13.6. The molecule has 0 amide bonds. The topological polar surface area (TPSA) is 28.4 Å². The molecule has 19 heavy (non-hydrogen) atoms. The van der Waals surface area contributed by atoms with Crippen LogP contribution in [0.4, 0.5) is 0 Å². The van der Waals surface area contributed by atoms with Gasteiger partial charge in [-0.2, -0.15) is 0 Å². The monoisotopic (exact) mass is 266 g/mol. The smallest absolute Gasteiger partial charge is 0.120 e. The molecule has 0 aliphatic heterocycles. The minimum absolute atomic E-state index is 0.118. The molecule has 1 N–H and O–H groups in total. The van der Waals surface area contributed by atoms with E-state index in [9.17, 15) is 0 Å². The van der Waals surface area contributed by atoms with Crippen LogP contribution in [0.5, 0.6) is 0 Å². The van der Waals surface area contributed by atoms with Crippen molar-refractivity contribution in [2.75, 3.05) is 6.54 Å². The van der Waals surface area contributed by atoms with Gasteiger partial charge >= 0.3 is 0 Å². The fraction of sp³-hybridized carbons (Fsp3) is 0.750. The molecule has 0 saturated heterocycles. The predicted molar refractivity (Wildman–Crippen MR) is 81.3 cm³/mol. The summed E-state index contributed by atoms with van der Waals surface area (Å²) >= 11 is 0. The molecule has 0 unspecified atom stereocenters. The molecule has 110 valence electrons. The summed E-state index contributed by atoms with van der Waals surface area (Å²) in [7, 11) is 0. The van der Waals surface area contributed by atoms with Crippen molar-refractivity contribution < 1.29 is 4.42 Å². The molecule has 1 aromatic heterocycles. The van der Waals surface area contributed by atoms with Gasteiger partial charge in [-0.15, -0.1) is 0 Å². The first-order chi connectivity index (χ1) is 8.73. The number of hydrogen-bond donors (Lipinski definition) is 1.